The monoisotopic (exact) mass is 296 g/mol. The normalized spacial score (nSPS) is 10.8. The van der Waals surface area contributed by atoms with Gasteiger partial charge in [-0.05, 0) is 24.1 Å². The molecular weight excluding hydrogens is 280 g/mol. The molecule has 4 heteroatoms. The summed E-state index contributed by atoms with van der Waals surface area (Å²) in [5.41, 5.74) is 1.18. The molecule has 0 fully saturated rings. The van der Waals surface area contributed by atoms with Crippen LogP contribution in [-0.4, -0.2) is 12.2 Å². The average molecular weight is 296 g/mol. The Labute approximate surface area is 127 Å². The van der Waals surface area contributed by atoms with Crippen LogP contribution in [0.1, 0.15) is 11.3 Å². The summed E-state index contributed by atoms with van der Waals surface area (Å²) in [6, 6.07) is 14.6. The molecule has 0 aliphatic rings. The van der Waals surface area contributed by atoms with Crippen molar-refractivity contribution in [3.8, 4) is 11.5 Å². The van der Waals surface area contributed by atoms with Crippen molar-refractivity contribution in [3.05, 3.63) is 70.1 Å². The lowest BCUT2D eigenvalue weighted by Crippen LogP contribution is -2.03. The van der Waals surface area contributed by atoms with Crippen LogP contribution in [0.2, 0.25) is 0 Å². The molecule has 0 atom stereocenters. The molecule has 2 aromatic carbocycles. The number of hydrogen-bond donors (Lipinski definition) is 1. The molecule has 22 heavy (non-hydrogen) atoms. The SMILES string of the molecule is COc1ccc2c(=O)cc(CCc3ccccc3)oc2c1O. The van der Waals surface area contributed by atoms with Gasteiger partial charge < -0.3 is 14.3 Å². The van der Waals surface area contributed by atoms with Crippen molar-refractivity contribution in [1.29, 1.82) is 0 Å². The minimum Gasteiger partial charge on any atom is -0.502 e. The second kappa shape index (κ2) is 5.93. The molecule has 112 valence electrons. The molecule has 0 amide bonds. The topological polar surface area (TPSA) is 59.7 Å². The predicted octanol–water partition coefficient (Wildman–Crippen LogP) is 3.29. The maximum absolute atomic E-state index is 12.2. The third-order valence-corrected chi connectivity index (χ3v) is 3.61. The second-order valence-electron chi connectivity index (χ2n) is 5.06. The van der Waals surface area contributed by atoms with E-state index in [2.05, 4.69) is 0 Å². The molecule has 0 aliphatic carbocycles. The Bertz CT molecular complexity index is 850. The third-order valence-electron chi connectivity index (χ3n) is 3.61. The van der Waals surface area contributed by atoms with Crippen molar-refractivity contribution < 1.29 is 14.3 Å². The van der Waals surface area contributed by atoms with Gasteiger partial charge in [-0.1, -0.05) is 30.3 Å². The lowest BCUT2D eigenvalue weighted by molar-refractivity contribution is 0.370. The number of aromatic hydroxyl groups is 1. The lowest BCUT2D eigenvalue weighted by atomic mass is 10.1. The van der Waals surface area contributed by atoms with E-state index in [0.29, 0.717) is 17.6 Å². The van der Waals surface area contributed by atoms with E-state index in [1.807, 2.05) is 30.3 Å². The highest BCUT2D eigenvalue weighted by molar-refractivity contribution is 5.84. The number of benzene rings is 2. The van der Waals surface area contributed by atoms with Gasteiger partial charge in [0.2, 0.25) is 5.75 Å². The van der Waals surface area contributed by atoms with Crippen molar-refractivity contribution in [3.63, 3.8) is 0 Å². The van der Waals surface area contributed by atoms with Crippen LogP contribution in [0.15, 0.2) is 57.7 Å². The first kappa shape index (κ1) is 14.2. The van der Waals surface area contributed by atoms with Crippen LogP contribution >= 0.6 is 0 Å². The third kappa shape index (κ3) is 2.68. The second-order valence-corrected chi connectivity index (χ2v) is 5.06. The summed E-state index contributed by atoms with van der Waals surface area (Å²) >= 11 is 0. The number of hydrogen-bond acceptors (Lipinski definition) is 4. The first-order valence-corrected chi connectivity index (χ1v) is 7.05. The summed E-state index contributed by atoms with van der Waals surface area (Å²) in [7, 11) is 1.46. The minimum absolute atomic E-state index is 0.140. The number of methoxy groups -OCH3 is 1. The van der Waals surface area contributed by atoms with E-state index >= 15 is 0 Å². The molecule has 4 nitrogen and oxygen atoms in total. The number of phenols is 1. The van der Waals surface area contributed by atoms with Gasteiger partial charge in [0.25, 0.3) is 0 Å². The molecule has 1 aromatic heterocycles. The van der Waals surface area contributed by atoms with Crippen LogP contribution in [0, 0.1) is 0 Å². The highest BCUT2D eigenvalue weighted by atomic mass is 16.5. The van der Waals surface area contributed by atoms with E-state index in [4.69, 9.17) is 9.15 Å². The van der Waals surface area contributed by atoms with Crippen LogP contribution in [-0.2, 0) is 12.8 Å². The van der Waals surface area contributed by atoms with Crippen LogP contribution in [0.4, 0.5) is 0 Å². The average Bonchev–Trinajstić information content (AvgIpc) is 2.55. The Morgan fingerprint density at radius 1 is 1.09 bits per heavy atom. The molecular formula is C18H16O4. The molecule has 0 bridgehead atoms. The lowest BCUT2D eigenvalue weighted by Gasteiger charge is -2.07. The first-order chi connectivity index (χ1) is 10.7. The molecule has 0 aliphatic heterocycles. The largest absolute Gasteiger partial charge is 0.502 e. The molecule has 1 N–H and O–H groups in total. The summed E-state index contributed by atoms with van der Waals surface area (Å²) in [6.45, 7) is 0. The minimum atomic E-state index is -0.165. The fourth-order valence-corrected chi connectivity index (χ4v) is 2.44. The standard InChI is InChI=1S/C18H16O4/c1-21-16-10-9-14-15(19)11-13(22-18(14)17(16)20)8-7-12-5-3-2-4-6-12/h2-6,9-11,20H,7-8H2,1H3. The van der Waals surface area contributed by atoms with Gasteiger partial charge >= 0.3 is 0 Å². The molecule has 3 rings (SSSR count). The Morgan fingerprint density at radius 2 is 1.86 bits per heavy atom. The van der Waals surface area contributed by atoms with E-state index in [-0.39, 0.29) is 22.5 Å². The van der Waals surface area contributed by atoms with Gasteiger partial charge in [-0.15, -0.1) is 0 Å². The zero-order valence-electron chi connectivity index (χ0n) is 12.2. The zero-order valence-corrected chi connectivity index (χ0v) is 12.2. The van der Waals surface area contributed by atoms with Crippen LogP contribution in [0.5, 0.6) is 11.5 Å². The fourth-order valence-electron chi connectivity index (χ4n) is 2.44. The summed E-state index contributed by atoms with van der Waals surface area (Å²) in [5, 5.41) is 10.5. The number of ether oxygens (including phenoxy) is 1. The van der Waals surface area contributed by atoms with Crippen molar-refractivity contribution in [1.82, 2.24) is 0 Å². The summed E-state index contributed by atoms with van der Waals surface area (Å²) in [6.07, 6.45) is 1.35. The van der Waals surface area contributed by atoms with Crippen LogP contribution in [0.3, 0.4) is 0 Å². The van der Waals surface area contributed by atoms with Crippen LogP contribution < -0.4 is 10.2 Å². The number of aryl methyl sites for hydroxylation is 2. The van der Waals surface area contributed by atoms with E-state index < -0.39 is 0 Å². The van der Waals surface area contributed by atoms with Crippen LogP contribution in [0.25, 0.3) is 11.0 Å². The summed E-state index contributed by atoms with van der Waals surface area (Å²) in [4.78, 5) is 12.2. The van der Waals surface area contributed by atoms with E-state index in [1.54, 1.807) is 12.1 Å². The molecule has 0 saturated carbocycles. The Hall–Kier alpha value is -2.75. The smallest absolute Gasteiger partial charge is 0.202 e. The maximum Gasteiger partial charge on any atom is 0.202 e. The Balaban J connectivity index is 1.97. The summed E-state index contributed by atoms with van der Waals surface area (Å²) in [5.74, 6) is 0.694. The van der Waals surface area contributed by atoms with Gasteiger partial charge in [0.15, 0.2) is 16.8 Å². The summed E-state index contributed by atoms with van der Waals surface area (Å²) < 4.78 is 10.8. The molecule has 0 unspecified atom stereocenters. The van der Waals surface area contributed by atoms with Crippen molar-refractivity contribution in [2.24, 2.45) is 0 Å². The predicted molar refractivity (Wildman–Crippen MR) is 84.6 cm³/mol. The van der Waals surface area contributed by atoms with E-state index in [0.717, 1.165) is 6.42 Å². The van der Waals surface area contributed by atoms with Gasteiger partial charge in [0.05, 0.1) is 12.5 Å². The molecule has 0 saturated heterocycles. The zero-order chi connectivity index (χ0) is 15.5. The van der Waals surface area contributed by atoms with Gasteiger partial charge in [-0.2, -0.15) is 0 Å². The van der Waals surface area contributed by atoms with Crippen molar-refractivity contribution >= 4 is 11.0 Å². The molecule has 0 radical (unpaired) electrons. The molecule has 3 aromatic rings. The van der Waals surface area contributed by atoms with Crippen molar-refractivity contribution in [2.75, 3.05) is 7.11 Å². The number of rotatable bonds is 4. The fraction of sp³-hybridized carbons (Fsp3) is 0.167. The van der Waals surface area contributed by atoms with Crippen molar-refractivity contribution in [2.45, 2.75) is 12.8 Å². The first-order valence-electron chi connectivity index (χ1n) is 7.05. The van der Waals surface area contributed by atoms with E-state index in [9.17, 15) is 9.90 Å². The van der Waals surface area contributed by atoms with E-state index in [1.165, 1.54) is 18.7 Å². The Morgan fingerprint density at radius 3 is 2.59 bits per heavy atom. The van der Waals surface area contributed by atoms with Gasteiger partial charge in [0, 0.05) is 12.5 Å². The Kier molecular flexibility index (Phi) is 3.83. The van der Waals surface area contributed by atoms with Gasteiger partial charge in [-0.25, -0.2) is 0 Å². The highest BCUT2D eigenvalue weighted by Gasteiger charge is 2.13. The quantitative estimate of drug-likeness (QED) is 0.802. The maximum atomic E-state index is 12.2. The number of fused-ring (bicyclic) bond motifs is 1. The molecule has 1 heterocycles. The number of phenolic OH excluding ortho intramolecular Hbond substituents is 1. The van der Waals surface area contributed by atoms with Gasteiger partial charge in [0.1, 0.15) is 5.76 Å². The van der Waals surface area contributed by atoms with Gasteiger partial charge in [-0.3, -0.25) is 4.79 Å². The highest BCUT2D eigenvalue weighted by Crippen LogP contribution is 2.33. The molecule has 0 spiro atoms.